The minimum Gasteiger partial charge on any atom is -0.399 e. The van der Waals surface area contributed by atoms with E-state index < -0.39 is 5.82 Å². The second-order valence-corrected chi connectivity index (χ2v) is 5.08. The molecule has 3 aromatic rings. The van der Waals surface area contributed by atoms with Crippen LogP contribution in [-0.4, -0.2) is 20.4 Å². The molecule has 1 aromatic carbocycles. The average Bonchev–Trinajstić information content (AvgIpc) is 2.89. The predicted molar refractivity (Wildman–Crippen MR) is 82.2 cm³/mol. The van der Waals surface area contributed by atoms with Gasteiger partial charge in [-0.05, 0) is 30.7 Å². The SMILES string of the molecule is CCc1cc(C(C)=O)nc2cc(-c3ccc(N)cc3F)nn12. The van der Waals surface area contributed by atoms with Crippen molar-refractivity contribution in [3.63, 3.8) is 0 Å². The molecule has 0 spiro atoms. The van der Waals surface area contributed by atoms with Crippen molar-refractivity contribution in [2.45, 2.75) is 20.3 Å². The van der Waals surface area contributed by atoms with E-state index in [0.29, 0.717) is 34.7 Å². The van der Waals surface area contributed by atoms with Gasteiger partial charge in [-0.1, -0.05) is 6.92 Å². The molecule has 0 saturated carbocycles. The highest BCUT2D eigenvalue weighted by atomic mass is 19.1. The maximum absolute atomic E-state index is 14.1. The predicted octanol–water partition coefficient (Wildman–Crippen LogP) is 2.88. The number of benzene rings is 1. The highest BCUT2D eigenvalue weighted by Crippen LogP contribution is 2.25. The van der Waals surface area contributed by atoms with Crippen LogP contribution in [0, 0.1) is 5.82 Å². The number of anilines is 1. The summed E-state index contributed by atoms with van der Waals surface area (Å²) in [5.41, 5.74) is 8.48. The number of hydrogen-bond donors (Lipinski definition) is 1. The molecule has 0 bridgehead atoms. The van der Waals surface area contributed by atoms with Crippen LogP contribution in [0.2, 0.25) is 0 Å². The van der Waals surface area contributed by atoms with Crippen LogP contribution in [0.5, 0.6) is 0 Å². The van der Waals surface area contributed by atoms with Crippen LogP contribution in [0.15, 0.2) is 30.3 Å². The van der Waals surface area contributed by atoms with Crippen molar-refractivity contribution >= 4 is 17.1 Å². The molecular weight excluding hydrogens is 283 g/mol. The van der Waals surface area contributed by atoms with Crippen molar-refractivity contribution < 1.29 is 9.18 Å². The number of hydrogen-bond acceptors (Lipinski definition) is 4. The average molecular weight is 298 g/mol. The Kier molecular flexibility index (Phi) is 3.36. The van der Waals surface area contributed by atoms with E-state index in [0.717, 1.165) is 5.69 Å². The van der Waals surface area contributed by atoms with Gasteiger partial charge in [0.1, 0.15) is 11.5 Å². The smallest absolute Gasteiger partial charge is 0.178 e. The third kappa shape index (κ3) is 2.32. The van der Waals surface area contributed by atoms with Crippen LogP contribution in [0.25, 0.3) is 16.9 Å². The van der Waals surface area contributed by atoms with Crippen LogP contribution in [0.4, 0.5) is 10.1 Å². The number of ketones is 1. The summed E-state index contributed by atoms with van der Waals surface area (Å²) in [5, 5.41) is 4.41. The summed E-state index contributed by atoms with van der Waals surface area (Å²) in [5.74, 6) is -0.549. The quantitative estimate of drug-likeness (QED) is 0.596. The van der Waals surface area contributed by atoms with E-state index in [-0.39, 0.29) is 5.78 Å². The van der Waals surface area contributed by atoms with Gasteiger partial charge in [0.2, 0.25) is 0 Å². The standard InChI is InChI=1S/C16H15FN4O/c1-3-11-7-14(9(2)22)19-16-8-15(20-21(11)16)12-5-4-10(18)6-13(12)17/h4-8H,3,18H2,1-2H3. The van der Waals surface area contributed by atoms with Gasteiger partial charge in [-0.3, -0.25) is 4.79 Å². The number of halogens is 1. The minimum atomic E-state index is -0.437. The fourth-order valence-corrected chi connectivity index (χ4v) is 2.34. The number of aromatic nitrogens is 3. The molecule has 3 rings (SSSR count). The highest BCUT2D eigenvalue weighted by Gasteiger charge is 2.14. The third-order valence-electron chi connectivity index (χ3n) is 3.49. The van der Waals surface area contributed by atoms with Crippen molar-refractivity contribution in [1.82, 2.24) is 14.6 Å². The summed E-state index contributed by atoms with van der Waals surface area (Å²) in [6.45, 7) is 3.43. The van der Waals surface area contributed by atoms with E-state index in [4.69, 9.17) is 5.73 Å². The Hall–Kier alpha value is -2.76. The second-order valence-electron chi connectivity index (χ2n) is 5.08. The summed E-state index contributed by atoms with van der Waals surface area (Å²) in [4.78, 5) is 15.8. The summed E-state index contributed by atoms with van der Waals surface area (Å²) in [7, 11) is 0. The van der Waals surface area contributed by atoms with Gasteiger partial charge in [0, 0.05) is 29.9 Å². The topological polar surface area (TPSA) is 73.3 Å². The minimum absolute atomic E-state index is 0.112. The monoisotopic (exact) mass is 298 g/mol. The van der Waals surface area contributed by atoms with E-state index in [1.165, 1.54) is 13.0 Å². The number of nitrogen functional groups attached to an aromatic ring is 1. The number of aryl methyl sites for hydroxylation is 1. The Morgan fingerprint density at radius 1 is 1.32 bits per heavy atom. The lowest BCUT2D eigenvalue weighted by Crippen LogP contribution is -2.05. The first kappa shape index (κ1) is 14.2. The van der Waals surface area contributed by atoms with Crippen molar-refractivity contribution in [1.29, 1.82) is 0 Å². The van der Waals surface area contributed by atoms with Crippen molar-refractivity contribution in [2.24, 2.45) is 0 Å². The van der Waals surface area contributed by atoms with E-state index >= 15 is 0 Å². The Morgan fingerprint density at radius 2 is 2.09 bits per heavy atom. The van der Waals surface area contributed by atoms with Crippen molar-refractivity contribution in [2.75, 3.05) is 5.73 Å². The van der Waals surface area contributed by atoms with Gasteiger partial charge in [0.15, 0.2) is 11.4 Å². The fraction of sp³-hybridized carbons (Fsp3) is 0.188. The van der Waals surface area contributed by atoms with Crippen molar-refractivity contribution in [3.8, 4) is 11.3 Å². The van der Waals surface area contributed by atoms with Gasteiger partial charge in [0.25, 0.3) is 0 Å². The summed E-state index contributed by atoms with van der Waals surface area (Å²) in [6, 6.07) is 7.85. The van der Waals surface area contributed by atoms with E-state index in [1.807, 2.05) is 6.92 Å². The van der Waals surface area contributed by atoms with Crippen LogP contribution >= 0.6 is 0 Å². The number of fused-ring (bicyclic) bond motifs is 1. The maximum Gasteiger partial charge on any atom is 0.178 e. The zero-order chi connectivity index (χ0) is 15.9. The van der Waals surface area contributed by atoms with Crippen LogP contribution in [0.1, 0.15) is 30.0 Å². The molecule has 2 aromatic heterocycles. The largest absolute Gasteiger partial charge is 0.399 e. The molecule has 0 fully saturated rings. The first-order chi connectivity index (χ1) is 10.5. The molecule has 0 aliphatic rings. The Bertz CT molecular complexity index is 885. The van der Waals surface area contributed by atoms with Crippen molar-refractivity contribution in [3.05, 3.63) is 47.5 Å². The molecule has 2 N–H and O–H groups in total. The second kappa shape index (κ2) is 5.22. The molecule has 0 saturated heterocycles. The zero-order valence-corrected chi connectivity index (χ0v) is 12.3. The van der Waals surface area contributed by atoms with E-state index in [9.17, 15) is 9.18 Å². The van der Waals surface area contributed by atoms with Crippen LogP contribution in [-0.2, 0) is 6.42 Å². The molecular formula is C16H15FN4O. The molecule has 0 atom stereocenters. The van der Waals surface area contributed by atoms with Gasteiger partial charge >= 0.3 is 0 Å². The first-order valence-corrected chi connectivity index (χ1v) is 6.95. The molecule has 0 amide bonds. The third-order valence-corrected chi connectivity index (χ3v) is 3.49. The van der Waals surface area contributed by atoms with Gasteiger partial charge in [-0.25, -0.2) is 13.9 Å². The Labute approximate surface area is 126 Å². The summed E-state index contributed by atoms with van der Waals surface area (Å²) >= 11 is 0. The fourth-order valence-electron chi connectivity index (χ4n) is 2.34. The first-order valence-electron chi connectivity index (χ1n) is 6.95. The Balaban J connectivity index is 2.22. The number of nitrogens with zero attached hydrogens (tertiary/aromatic N) is 3. The molecule has 0 aliphatic heterocycles. The highest BCUT2D eigenvalue weighted by molar-refractivity contribution is 5.92. The summed E-state index contributed by atoms with van der Waals surface area (Å²) < 4.78 is 15.7. The molecule has 2 heterocycles. The van der Waals surface area contributed by atoms with Gasteiger partial charge in [-0.2, -0.15) is 5.10 Å². The van der Waals surface area contributed by atoms with Gasteiger partial charge in [-0.15, -0.1) is 0 Å². The molecule has 5 nitrogen and oxygen atoms in total. The molecule has 6 heteroatoms. The molecule has 0 radical (unpaired) electrons. The number of nitrogens with two attached hydrogens (primary N) is 1. The maximum atomic E-state index is 14.1. The van der Waals surface area contributed by atoms with E-state index in [1.54, 1.807) is 28.8 Å². The number of carbonyl (C=O) groups excluding carboxylic acids is 1. The zero-order valence-electron chi connectivity index (χ0n) is 12.3. The summed E-state index contributed by atoms with van der Waals surface area (Å²) in [6.07, 6.45) is 0.685. The number of carbonyl (C=O) groups is 1. The molecule has 112 valence electrons. The lowest BCUT2D eigenvalue weighted by atomic mass is 10.1. The lowest BCUT2D eigenvalue weighted by Gasteiger charge is -2.03. The number of rotatable bonds is 3. The van der Waals surface area contributed by atoms with Gasteiger partial charge in [0.05, 0.1) is 5.69 Å². The van der Waals surface area contributed by atoms with Crippen LogP contribution < -0.4 is 5.73 Å². The normalized spacial score (nSPS) is 11.0. The van der Waals surface area contributed by atoms with Gasteiger partial charge < -0.3 is 5.73 Å². The lowest BCUT2D eigenvalue weighted by molar-refractivity contribution is 0.101. The number of Topliss-reactive ketones (excluding diaryl/α,β-unsaturated/α-hetero) is 1. The molecule has 0 aliphatic carbocycles. The van der Waals surface area contributed by atoms with E-state index in [2.05, 4.69) is 10.1 Å². The Morgan fingerprint density at radius 3 is 2.73 bits per heavy atom. The van der Waals surface area contributed by atoms with Crippen LogP contribution in [0.3, 0.4) is 0 Å². The molecule has 0 unspecified atom stereocenters. The molecule has 22 heavy (non-hydrogen) atoms.